The molecular weight excluding hydrogens is 695 g/mol. The zero-order valence-corrected chi connectivity index (χ0v) is 26.6. The summed E-state index contributed by atoms with van der Waals surface area (Å²) in [7, 11) is -4.90. The first-order valence-electron chi connectivity index (χ1n) is 13.8. The zero-order chi connectivity index (χ0) is 32.2. The molecule has 2 aromatic rings. The highest BCUT2D eigenvalue weighted by molar-refractivity contribution is 8.07. The number of ether oxygens (including phenoxy) is 2. The normalized spacial score (nSPS) is 45.2. The molecule has 0 aromatic carbocycles. The minimum Gasteiger partial charge on any atom is -0.400 e. The van der Waals surface area contributed by atoms with Gasteiger partial charge in [0.2, 0.25) is 5.95 Å². The molecule has 248 valence electrons. The first kappa shape index (κ1) is 31.0. The predicted octanol–water partition coefficient (Wildman–Crippen LogP) is -0.752. The number of alkyl halides is 1. The average molecular weight is 722 g/mol. The average Bonchev–Trinajstić information content (AvgIpc) is 3.80. The van der Waals surface area contributed by atoms with Crippen molar-refractivity contribution in [3.05, 3.63) is 28.5 Å². The summed E-state index contributed by atoms with van der Waals surface area (Å²) < 4.78 is 65.6. The number of imidazole rings is 1. The fraction of sp³-hybridized carbons (Fsp3) is 0.591. The van der Waals surface area contributed by atoms with E-state index in [0.29, 0.717) is 5.70 Å². The molecule has 12 atom stereocenters. The van der Waals surface area contributed by atoms with E-state index in [1.807, 2.05) is 0 Å². The van der Waals surface area contributed by atoms with Crippen LogP contribution in [-0.2, 0) is 43.9 Å². The predicted molar refractivity (Wildman–Crippen MR) is 162 cm³/mol. The van der Waals surface area contributed by atoms with Crippen molar-refractivity contribution in [1.29, 1.82) is 0 Å². The van der Waals surface area contributed by atoms with Crippen LogP contribution in [0.5, 0.6) is 0 Å². The Bertz CT molecular complexity index is 1850. The third-order valence-corrected chi connectivity index (χ3v) is 12.5. The zero-order valence-electron chi connectivity index (χ0n) is 23.2. The van der Waals surface area contributed by atoms with Gasteiger partial charge >= 0.3 is 14.5 Å². The van der Waals surface area contributed by atoms with Gasteiger partial charge in [0, 0.05) is 11.9 Å². The van der Waals surface area contributed by atoms with Crippen molar-refractivity contribution in [3.63, 3.8) is 0 Å². The minimum absolute atomic E-state index is 0.0130. The second-order valence-electron chi connectivity index (χ2n) is 11.3. The number of nitrogens with two attached hydrogens (primary N) is 2. The summed E-state index contributed by atoms with van der Waals surface area (Å²) in [4.78, 5) is 55.5. The van der Waals surface area contributed by atoms with E-state index in [4.69, 9.17) is 50.8 Å². The van der Waals surface area contributed by atoms with E-state index in [-0.39, 0.29) is 23.7 Å². The highest BCUT2D eigenvalue weighted by Crippen LogP contribution is 2.59. The number of nitrogens with one attached hydrogen (secondary N) is 1. The standard InChI is InChI=1S/C22H26FN9O10P2S2/c23-10-9-3-38-43(34,35)42-15-14-19(31-6-27-11-8(24)1-2-26-16(11)31)40-22(15,4-37-14)5-39-44(36,45)41-13(10)20(46-9)32-7-28-12-17(32)29-21(25)30-18(12)33/h1-2,6-7,9-11,13-16,19-20H,3-5,24H2,(H,34,35)(H,36,45)(H3,25,29,30,33)/t9-,10+,11?,13-,14-,15+,16?,19-,20-,22+,44?/m1/s1. The van der Waals surface area contributed by atoms with Crippen molar-refractivity contribution in [1.82, 2.24) is 24.4 Å². The van der Waals surface area contributed by atoms with Crippen LogP contribution in [0.3, 0.4) is 0 Å². The maximum absolute atomic E-state index is 16.0. The van der Waals surface area contributed by atoms with E-state index in [0.717, 1.165) is 11.8 Å². The first-order valence-corrected chi connectivity index (χ1v) is 18.8. The van der Waals surface area contributed by atoms with Crippen LogP contribution in [0.15, 0.2) is 32.9 Å². The van der Waals surface area contributed by atoms with Gasteiger partial charge < -0.3 is 40.2 Å². The van der Waals surface area contributed by atoms with E-state index >= 15 is 4.39 Å². The lowest BCUT2D eigenvalue weighted by atomic mass is 10.0. The number of halogens is 1. The maximum Gasteiger partial charge on any atom is 0.472 e. The molecule has 4 bridgehead atoms. The Morgan fingerprint density at radius 1 is 1.20 bits per heavy atom. The summed E-state index contributed by atoms with van der Waals surface area (Å²) in [5, 5.41) is -2.18. The van der Waals surface area contributed by atoms with Crippen LogP contribution in [0.4, 0.5) is 10.3 Å². The second-order valence-corrected chi connectivity index (χ2v) is 16.8. The van der Waals surface area contributed by atoms with Crippen LogP contribution < -0.4 is 17.0 Å². The molecule has 0 aliphatic carbocycles. The molecule has 46 heavy (non-hydrogen) atoms. The van der Waals surface area contributed by atoms with E-state index in [1.54, 1.807) is 17.2 Å². The van der Waals surface area contributed by atoms with Gasteiger partial charge in [-0.05, 0) is 17.9 Å². The number of allylic oxidation sites excluding steroid dienone is 1. The number of aromatic amines is 1. The van der Waals surface area contributed by atoms with Gasteiger partial charge in [-0.15, -0.1) is 11.8 Å². The van der Waals surface area contributed by atoms with Crippen molar-refractivity contribution >= 4 is 67.8 Å². The highest BCUT2D eigenvalue weighted by Gasteiger charge is 2.67. The van der Waals surface area contributed by atoms with Crippen LogP contribution in [0.25, 0.3) is 11.2 Å². The largest absolute Gasteiger partial charge is 0.472 e. The van der Waals surface area contributed by atoms with Crippen LogP contribution >= 0.6 is 26.3 Å². The van der Waals surface area contributed by atoms with E-state index < -0.39 is 92.5 Å². The molecule has 6 aliphatic rings. The fourth-order valence-electron chi connectivity index (χ4n) is 6.31. The Morgan fingerprint density at radius 2 is 2.02 bits per heavy atom. The molecular formula is C22H26FN9O10P2S2. The SMILES string of the molecule is NC1=CC=NC2C1N=CN2[C@@H]1O[C@]23CO[C@@H]1[C@@H]2OP(=O)(O)OC[C@H]1S[C@@H](n2cnc4c(=O)[nH]c(N)nc42)[C@H](OP(O)(=S)OC3)[C@H]1F. The lowest BCUT2D eigenvalue weighted by molar-refractivity contribution is -0.194. The van der Waals surface area contributed by atoms with Crippen LogP contribution in [0.2, 0.25) is 0 Å². The maximum atomic E-state index is 16.0. The summed E-state index contributed by atoms with van der Waals surface area (Å²) in [5.74, 6) is -0.209. The number of nitrogens with zero attached hydrogens (tertiary/aromatic N) is 6. The molecule has 4 fully saturated rings. The van der Waals surface area contributed by atoms with Crippen LogP contribution in [0.1, 0.15) is 5.37 Å². The molecule has 4 unspecified atom stereocenters. The molecule has 24 heteroatoms. The smallest absolute Gasteiger partial charge is 0.400 e. The van der Waals surface area contributed by atoms with Gasteiger partial charge in [0.1, 0.15) is 41.5 Å². The molecule has 8 heterocycles. The molecule has 0 spiro atoms. The summed E-state index contributed by atoms with van der Waals surface area (Å²) in [5.41, 5.74) is 10.0. The number of phosphoric ester groups is 1. The lowest BCUT2D eigenvalue weighted by Crippen LogP contribution is -2.52. The van der Waals surface area contributed by atoms with Gasteiger partial charge in [-0.3, -0.25) is 37.9 Å². The number of phosphoric acid groups is 1. The number of anilines is 1. The molecule has 7 N–H and O–H groups in total. The highest BCUT2D eigenvalue weighted by atomic mass is 32.5. The monoisotopic (exact) mass is 721 g/mol. The molecule has 19 nitrogen and oxygen atoms in total. The second kappa shape index (κ2) is 10.8. The number of hydrogen-bond donors (Lipinski definition) is 5. The minimum atomic E-state index is -4.90. The molecule has 8 rings (SSSR count). The number of rotatable bonds is 2. The number of H-pyrrole nitrogens is 1. The molecule has 4 saturated heterocycles. The van der Waals surface area contributed by atoms with Gasteiger partial charge in [-0.1, -0.05) is 0 Å². The van der Waals surface area contributed by atoms with Gasteiger partial charge in [-0.2, -0.15) is 4.98 Å². The Hall–Kier alpha value is -2.33. The third kappa shape index (κ3) is 4.98. The van der Waals surface area contributed by atoms with Crippen molar-refractivity contribution < 1.29 is 46.3 Å². The molecule has 0 amide bonds. The number of hydrogen-bond acceptors (Lipinski definition) is 17. The number of aromatic nitrogens is 4. The molecule has 0 radical (unpaired) electrons. The summed E-state index contributed by atoms with van der Waals surface area (Å²) >= 11 is 6.24. The van der Waals surface area contributed by atoms with Crippen LogP contribution in [-0.4, -0.2) is 120 Å². The van der Waals surface area contributed by atoms with Gasteiger partial charge in [-0.25, -0.2) is 13.9 Å². The van der Waals surface area contributed by atoms with Crippen molar-refractivity contribution in [2.75, 3.05) is 25.6 Å². The van der Waals surface area contributed by atoms with Crippen molar-refractivity contribution in [3.8, 4) is 0 Å². The van der Waals surface area contributed by atoms with Gasteiger partial charge in [0.25, 0.3) is 5.56 Å². The number of nitrogen functional groups attached to an aromatic ring is 1. The van der Waals surface area contributed by atoms with E-state index in [1.165, 1.54) is 17.2 Å². The summed E-state index contributed by atoms with van der Waals surface area (Å²) in [6.45, 7) is -5.60. The Kier molecular flexibility index (Phi) is 7.30. The number of dihydropyridines is 1. The van der Waals surface area contributed by atoms with Crippen molar-refractivity contribution in [2.24, 2.45) is 15.7 Å². The quantitative estimate of drug-likeness (QED) is 0.239. The Balaban J connectivity index is 1.11. The molecule has 6 aliphatic heterocycles. The summed E-state index contributed by atoms with van der Waals surface area (Å²) in [6, 6.07) is -0.478. The Labute approximate surface area is 267 Å². The lowest BCUT2D eigenvalue weighted by Gasteiger charge is -2.37. The first-order chi connectivity index (χ1) is 21.8. The number of thioether (sulfide) groups is 1. The fourth-order valence-corrected chi connectivity index (χ4v) is 10.4. The number of fused-ring (bicyclic) bond motifs is 4. The van der Waals surface area contributed by atoms with E-state index in [2.05, 4.69) is 24.9 Å². The molecule has 0 saturated carbocycles. The van der Waals surface area contributed by atoms with Crippen LogP contribution in [0, 0.1) is 0 Å². The number of aliphatic imine (C=N–C) groups is 2. The molecule has 2 aromatic heterocycles. The third-order valence-electron chi connectivity index (χ3n) is 8.43. The summed E-state index contributed by atoms with van der Waals surface area (Å²) in [6.07, 6.45) is -1.24. The van der Waals surface area contributed by atoms with E-state index in [9.17, 15) is 19.1 Å². The Morgan fingerprint density at radius 3 is 2.85 bits per heavy atom. The van der Waals surface area contributed by atoms with Crippen molar-refractivity contribution in [2.45, 2.75) is 59.1 Å². The topological polar surface area (TPSA) is 256 Å². The van der Waals surface area contributed by atoms with Gasteiger partial charge in [0.05, 0.1) is 37.7 Å². The van der Waals surface area contributed by atoms with Gasteiger partial charge in [0.15, 0.2) is 23.6 Å².